The second-order valence-electron chi connectivity index (χ2n) is 8.54. The molecule has 0 aromatic heterocycles. The van der Waals surface area contributed by atoms with E-state index in [4.69, 9.17) is 46.9 Å². The molecule has 0 spiro atoms. The van der Waals surface area contributed by atoms with Crippen LogP contribution in [-0.4, -0.2) is 14.2 Å². The van der Waals surface area contributed by atoms with Crippen molar-refractivity contribution in [2.45, 2.75) is 26.1 Å². The van der Waals surface area contributed by atoms with Crippen LogP contribution in [-0.2, 0) is 0 Å². The van der Waals surface area contributed by atoms with Crippen LogP contribution < -0.4 is 23.7 Å². The molecule has 0 saturated heterocycles. The minimum absolute atomic E-state index is 0.246. The lowest BCUT2D eigenvalue weighted by molar-refractivity contribution is 0.214. The average Bonchev–Trinajstić information content (AvgIpc) is 2.93. The first-order chi connectivity index (χ1) is 18.7. The third-order valence-corrected chi connectivity index (χ3v) is 7.75. The topological polar surface area (TPSA) is 46.2 Å². The molecular formula is C30H26Br2Cl2O5. The van der Waals surface area contributed by atoms with Crippen molar-refractivity contribution in [1.29, 1.82) is 0 Å². The molecule has 2 atom stereocenters. The zero-order valence-corrected chi connectivity index (χ0v) is 26.3. The van der Waals surface area contributed by atoms with Gasteiger partial charge in [-0.3, -0.25) is 0 Å². The molecule has 2 unspecified atom stereocenters. The van der Waals surface area contributed by atoms with Crippen molar-refractivity contribution in [3.8, 4) is 34.5 Å². The van der Waals surface area contributed by atoms with Crippen molar-refractivity contribution < 1.29 is 23.7 Å². The molecule has 0 amide bonds. The van der Waals surface area contributed by atoms with E-state index in [0.29, 0.717) is 34.5 Å². The van der Waals surface area contributed by atoms with E-state index in [2.05, 4.69) is 31.9 Å². The standard InChI is InChI=1S/C30H26Br2Cl2O5/c1-17(19-5-9-21(31)10-6-19)37-29-25(35-3)15-13-23(27(29)33)39-24-14-16-26(36-4)30(28(24)34)38-18(2)20-7-11-22(32)12-8-20/h5-18H,1-4H3. The van der Waals surface area contributed by atoms with Gasteiger partial charge in [-0.25, -0.2) is 0 Å². The van der Waals surface area contributed by atoms with Gasteiger partial charge in [0.25, 0.3) is 0 Å². The van der Waals surface area contributed by atoms with Crippen molar-refractivity contribution >= 4 is 55.1 Å². The Morgan fingerprint density at radius 1 is 0.538 bits per heavy atom. The number of rotatable bonds is 10. The summed E-state index contributed by atoms with van der Waals surface area (Å²) in [6.45, 7) is 3.87. The summed E-state index contributed by atoms with van der Waals surface area (Å²) < 4.78 is 31.7. The van der Waals surface area contributed by atoms with Crippen molar-refractivity contribution in [1.82, 2.24) is 0 Å². The van der Waals surface area contributed by atoms with E-state index in [1.165, 1.54) is 0 Å². The van der Waals surface area contributed by atoms with Gasteiger partial charge in [0.1, 0.15) is 33.8 Å². The highest BCUT2D eigenvalue weighted by molar-refractivity contribution is 9.10. The summed E-state index contributed by atoms with van der Waals surface area (Å²) >= 11 is 20.5. The molecule has 9 heteroatoms. The van der Waals surface area contributed by atoms with E-state index in [1.807, 2.05) is 62.4 Å². The van der Waals surface area contributed by atoms with Crippen LogP contribution in [0.15, 0.2) is 81.7 Å². The summed E-state index contributed by atoms with van der Waals surface area (Å²) in [5.41, 5.74) is 1.95. The molecule has 0 saturated carbocycles. The highest BCUT2D eigenvalue weighted by Gasteiger charge is 2.23. The van der Waals surface area contributed by atoms with Crippen LogP contribution in [0.2, 0.25) is 10.0 Å². The van der Waals surface area contributed by atoms with Crippen molar-refractivity contribution in [2.24, 2.45) is 0 Å². The summed E-state index contributed by atoms with van der Waals surface area (Å²) in [4.78, 5) is 0. The number of ether oxygens (including phenoxy) is 5. The summed E-state index contributed by atoms with van der Waals surface area (Å²) in [7, 11) is 3.11. The Bertz CT molecular complexity index is 1320. The zero-order valence-electron chi connectivity index (χ0n) is 21.6. The summed E-state index contributed by atoms with van der Waals surface area (Å²) in [6, 6.07) is 22.6. The first kappa shape index (κ1) is 29.4. The van der Waals surface area contributed by atoms with Gasteiger partial charge < -0.3 is 23.7 Å². The van der Waals surface area contributed by atoms with Crippen LogP contribution in [0, 0.1) is 0 Å². The van der Waals surface area contributed by atoms with Crippen LogP contribution >= 0.6 is 55.1 Å². The summed E-state index contributed by atoms with van der Waals surface area (Å²) in [6.07, 6.45) is -0.603. The average molecular weight is 697 g/mol. The molecule has 0 aliphatic rings. The number of benzene rings is 4. The lowest BCUT2D eigenvalue weighted by atomic mass is 10.1. The van der Waals surface area contributed by atoms with Crippen LogP contribution in [0.5, 0.6) is 34.5 Å². The summed E-state index contributed by atoms with van der Waals surface area (Å²) in [5.74, 6) is 2.35. The predicted molar refractivity (Wildman–Crippen MR) is 162 cm³/mol. The molecule has 4 aromatic rings. The largest absolute Gasteiger partial charge is 0.493 e. The molecule has 5 nitrogen and oxygen atoms in total. The molecule has 0 fully saturated rings. The SMILES string of the molecule is COc1ccc(Oc2ccc(OC)c(OC(C)c3ccc(Br)cc3)c2Cl)c(Cl)c1OC(C)c1ccc(Br)cc1. The van der Waals surface area contributed by atoms with Gasteiger partial charge in [-0.15, -0.1) is 0 Å². The Morgan fingerprint density at radius 2 is 0.872 bits per heavy atom. The molecule has 0 bridgehead atoms. The Morgan fingerprint density at radius 3 is 1.21 bits per heavy atom. The normalized spacial score (nSPS) is 12.4. The van der Waals surface area contributed by atoms with E-state index in [9.17, 15) is 0 Å². The van der Waals surface area contributed by atoms with Gasteiger partial charge in [-0.05, 0) is 73.5 Å². The molecule has 204 valence electrons. The van der Waals surface area contributed by atoms with Crippen LogP contribution in [0.25, 0.3) is 0 Å². The lowest BCUT2D eigenvalue weighted by Crippen LogP contribution is -2.06. The van der Waals surface area contributed by atoms with Gasteiger partial charge in [0.2, 0.25) is 0 Å². The molecular weight excluding hydrogens is 671 g/mol. The van der Waals surface area contributed by atoms with Gasteiger partial charge in [0.15, 0.2) is 23.0 Å². The fourth-order valence-corrected chi connectivity index (χ4v) is 4.82. The number of hydrogen-bond donors (Lipinski definition) is 0. The van der Waals surface area contributed by atoms with Gasteiger partial charge >= 0.3 is 0 Å². The van der Waals surface area contributed by atoms with E-state index >= 15 is 0 Å². The molecule has 39 heavy (non-hydrogen) atoms. The van der Waals surface area contributed by atoms with Crippen LogP contribution in [0.4, 0.5) is 0 Å². The van der Waals surface area contributed by atoms with Gasteiger partial charge in [-0.2, -0.15) is 0 Å². The van der Waals surface area contributed by atoms with Crippen molar-refractivity contribution in [3.05, 3.63) is 103 Å². The van der Waals surface area contributed by atoms with Crippen molar-refractivity contribution in [3.63, 3.8) is 0 Å². The third-order valence-electron chi connectivity index (χ3n) is 5.98. The lowest BCUT2D eigenvalue weighted by Gasteiger charge is -2.21. The Kier molecular flexibility index (Phi) is 9.94. The quantitative estimate of drug-likeness (QED) is 0.165. The van der Waals surface area contributed by atoms with E-state index in [1.54, 1.807) is 38.5 Å². The molecule has 0 heterocycles. The monoisotopic (exact) mass is 694 g/mol. The van der Waals surface area contributed by atoms with Crippen LogP contribution in [0.1, 0.15) is 37.2 Å². The zero-order chi connectivity index (χ0) is 28.1. The number of methoxy groups -OCH3 is 2. The molecule has 0 radical (unpaired) electrons. The predicted octanol–water partition coefficient (Wildman–Crippen LogP) is 10.6. The van der Waals surface area contributed by atoms with Crippen LogP contribution in [0.3, 0.4) is 0 Å². The second kappa shape index (κ2) is 13.2. The Balaban J connectivity index is 1.63. The van der Waals surface area contributed by atoms with E-state index < -0.39 is 0 Å². The minimum atomic E-state index is -0.301. The number of halogens is 4. The molecule has 4 rings (SSSR count). The Labute approximate surface area is 255 Å². The highest BCUT2D eigenvalue weighted by atomic mass is 79.9. The molecule has 4 aromatic carbocycles. The van der Waals surface area contributed by atoms with E-state index in [0.717, 1.165) is 20.1 Å². The van der Waals surface area contributed by atoms with Gasteiger partial charge in [-0.1, -0.05) is 79.3 Å². The van der Waals surface area contributed by atoms with E-state index in [-0.39, 0.29) is 22.3 Å². The van der Waals surface area contributed by atoms with Gasteiger partial charge in [0.05, 0.1) is 14.2 Å². The minimum Gasteiger partial charge on any atom is -0.493 e. The van der Waals surface area contributed by atoms with Gasteiger partial charge in [0, 0.05) is 8.95 Å². The second-order valence-corrected chi connectivity index (χ2v) is 11.1. The maximum atomic E-state index is 6.79. The van der Waals surface area contributed by atoms with Crippen molar-refractivity contribution in [2.75, 3.05) is 14.2 Å². The fourth-order valence-electron chi connectivity index (χ4n) is 3.82. The molecule has 0 aliphatic carbocycles. The first-order valence-corrected chi connectivity index (χ1v) is 14.3. The Hall–Kier alpha value is -2.58. The smallest absolute Gasteiger partial charge is 0.184 e. The first-order valence-electron chi connectivity index (χ1n) is 12.0. The maximum absolute atomic E-state index is 6.79. The molecule has 0 aliphatic heterocycles. The maximum Gasteiger partial charge on any atom is 0.184 e. The summed E-state index contributed by atoms with van der Waals surface area (Å²) in [5, 5.41) is 0.492. The number of hydrogen-bond acceptors (Lipinski definition) is 5. The fraction of sp³-hybridized carbons (Fsp3) is 0.200. The highest BCUT2D eigenvalue weighted by Crippen LogP contribution is 2.48. The molecule has 0 N–H and O–H groups in total. The third kappa shape index (κ3) is 6.95.